The lowest BCUT2D eigenvalue weighted by Crippen LogP contribution is -2.37. The van der Waals surface area contributed by atoms with Gasteiger partial charge in [0.1, 0.15) is 0 Å². The largest absolute Gasteiger partial charge is 0.452 e. The number of nitrogens with zero attached hydrogens (tertiary/aromatic N) is 1. The van der Waals surface area contributed by atoms with E-state index in [0.717, 1.165) is 0 Å². The van der Waals surface area contributed by atoms with Crippen molar-refractivity contribution in [3.05, 3.63) is 29.8 Å². The number of hydrogen-bond acceptors (Lipinski definition) is 3. The highest BCUT2D eigenvalue weighted by atomic mass is 16.5. The maximum absolute atomic E-state index is 11.6. The van der Waals surface area contributed by atoms with Gasteiger partial charge in [-0.1, -0.05) is 12.1 Å². The highest BCUT2D eigenvalue weighted by Crippen LogP contribution is 2.26. The molecule has 1 aromatic rings. The zero-order chi connectivity index (χ0) is 10.8. The van der Waals surface area contributed by atoms with Gasteiger partial charge in [-0.3, -0.25) is 9.69 Å². The number of carbonyl (C=O) groups excluding carboxylic acids is 2. The zero-order valence-electron chi connectivity index (χ0n) is 8.40. The first-order valence-electron chi connectivity index (χ1n) is 4.71. The second-order valence-electron chi connectivity index (χ2n) is 3.31. The van der Waals surface area contributed by atoms with Crippen LogP contribution in [-0.2, 0) is 4.74 Å². The van der Waals surface area contributed by atoms with Gasteiger partial charge < -0.3 is 4.74 Å². The number of amides is 1. The number of carbonyl (C=O) groups is 2. The van der Waals surface area contributed by atoms with Crippen molar-refractivity contribution in [2.45, 2.75) is 6.42 Å². The summed E-state index contributed by atoms with van der Waals surface area (Å²) in [6, 6.07) is 7.07. The number of fused-ring (bicyclic) bond motifs is 1. The van der Waals surface area contributed by atoms with Crippen molar-refractivity contribution < 1.29 is 14.3 Å². The standard InChI is InChI=1S/C11H11NO3/c1-15-11(14)12-7-6-10(13)8-4-2-3-5-9(8)12/h2-5H,6-7H2,1H3. The van der Waals surface area contributed by atoms with Crippen LogP contribution in [-0.4, -0.2) is 25.5 Å². The normalized spacial score (nSPS) is 14.7. The van der Waals surface area contributed by atoms with Crippen molar-refractivity contribution in [3.63, 3.8) is 0 Å². The Hall–Kier alpha value is -1.84. The molecular formula is C11H11NO3. The summed E-state index contributed by atoms with van der Waals surface area (Å²) in [5.41, 5.74) is 1.23. The molecule has 1 amide bonds. The molecule has 2 rings (SSSR count). The van der Waals surface area contributed by atoms with E-state index >= 15 is 0 Å². The summed E-state index contributed by atoms with van der Waals surface area (Å²) in [7, 11) is 1.33. The molecule has 0 atom stereocenters. The van der Waals surface area contributed by atoms with Crippen LogP contribution >= 0.6 is 0 Å². The smallest absolute Gasteiger partial charge is 0.414 e. The summed E-state index contributed by atoms with van der Waals surface area (Å²) in [4.78, 5) is 24.5. The number of Topliss-reactive ketones (excluding diaryl/α,β-unsaturated/α-hetero) is 1. The Balaban J connectivity index is 2.44. The molecule has 1 aromatic carbocycles. The van der Waals surface area contributed by atoms with Crippen molar-refractivity contribution in [2.75, 3.05) is 18.6 Å². The zero-order valence-corrected chi connectivity index (χ0v) is 8.40. The molecular weight excluding hydrogens is 194 g/mol. The predicted molar refractivity (Wildman–Crippen MR) is 55.1 cm³/mol. The predicted octanol–water partition coefficient (Wildman–Crippen LogP) is 1.85. The lowest BCUT2D eigenvalue weighted by Gasteiger charge is -2.27. The van der Waals surface area contributed by atoms with E-state index < -0.39 is 6.09 Å². The monoisotopic (exact) mass is 205 g/mol. The first kappa shape index (κ1) is 9.71. The molecule has 0 spiro atoms. The lowest BCUT2D eigenvalue weighted by atomic mass is 10.0. The number of rotatable bonds is 0. The van der Waals surface area contributed by atoms with Crippen LogP contribution in [0, 0.1) is 0 Å². The fourth-order valence-corrected chi connectivity index (χ4v) is 1.71. The molecule has 0 aliphatic carbocycles. The van der Waals surface area contributed by atoms with Crippen molar-refractivity contribution in [2.24, 2.45) is 0 Å². The van der Waals surface area contributed by atoms with Crippen LogP contribution in [0.15, 0.2) is 24.3 Å². The lowest BCUT2D eigenvalue weighted by molar-refractivity contribution is 0.0979. The average Bonchev–Trinajstić information content (AvgIpc) is 2.29. The van der Waals surface area contributed by atoms with Gasteiger partial charge in [0.15, 0.2) is 5.78 Å². The van der Waals surface area contributed by atoms with Gasteiger partial charge in [0.25, 0.3) is 0 Å². The first-order chi connectivity index (χ1) is 7.24. The van der Waals surface area contributed by atoms with E-state index in [0.29, 0.717) is 24.2 Å². The molecule has 0 N–H and O–H groups in total. The van der Waals surface area contributed by atoms with E-state index in [9.17, 15) is 9.59 Å². The Morgan fingerprint density at radius 1 is 1.40 bits per heavy atom. The summed E-state index contributed by atoms with van der Waals surface area (Å²) in [5, 5.41) is 0. The molecule has 0 saturated heterocycles. The fourth-order valence-electron chi connectivity index (χ4n) is 1.71. The Morgan fingerprint density at radius 3 is 2.87 bits per heavy atom. The number of methoxy groups -OCH3 is 1. The van der Waals surface area contributed by atoms with Crippen LogP contribution in [0.1, 0.15) is 16.8 Å². The minimum Gasteiger partial charge on any atom is -0.452 e. The van der Waals surface area contributed by atoms with E-state index in [1.54, 1.807) is 24.3 Å². The molecule has 4 nitrogen and oxygen atoms in total. The number of ether oxygens (including phenoxy) is 1. The van der Waals surface area contributed by atoms with Crippen LogP contribution < -0.4 is 4.90 Å². The van der Waals surface area contributed by atoms with Crippen molar-refractivity contribution in [1.82, 2.24) is 0 Å². The summed E-state index contributed by atoms with van der Waals surface area (Å²) >= 11 is 0. The van der Waals surface area contributed by atoms with Gasteiger partial charge in [0.05, 0.1) is 12.8 Å². The van der Waals surface area contributed by atoms with Crippen molar-refractivity contribution in [1.29, 1.82) is 0 Å². The summed E-state index contributed by atoms with van der Waals surface area (Å²) in [6.07, 6.45) is -0.0681. The molecule has 0 saturated carbocycles. The molecule has 1 heterocycles. The molecule has 4 heteroatoms. The second-order valence-corrected chi connectivity index (χ2v) is 3.31. The third kappa shape index (κ3) is 1.58. The minimum absolute atomic E-state index is 0.0748. The first-order valence-corrected chi connectivity index (χ1v) is 4.71. The Kier molecular flexibility index (Phi) is 2.41. The molecule has 0 bridgehead atoms. The van der Waals surface area contributed by atoms with Crippen LogP contribution in [0.5, 0.6) is 0 Å². The topological polar surface area (TPSA) is 46.6 Å². The highest BCUT2D eigenvalue weighted by Gasteiger charge is 2.26. The fraction of sp³-hybridized carbons (Fsp3) is 0.273. The van der Waals surface area contributed by atoms with Gasteiger partial charge in [-0.25, -0.2) is 4.79 Å². The highest BCUT2D eigenvalue weighted by molar-refractivity contribution is 6.07. The molecule has 1 aliphatic heterocycles. The van der Waals surface area contributed by atoms with E-state index in [1.807, 2.05) is 0 Å². The van der Waals surface area contributed by atoms with Crippen molar-refractivity contribution in [3.8, 4) is 0 Å². The molecule has 0 unspecified atom stereocenters. The van der Waals surface area contributed by atoms with Crippen LogP contribution in [0.3, 0.4) is 0 Å². The van der Waals surface area contributed by atoms with E-state index in [2.05, 4.69) is 4.74 Å². The number of para-hydroxylation sites is 1. The number of anilines is 1. The Morgan fingerprint density at radius 2 is 2.13 bits per heavy atom. The average molecular weight is 205 g/mol. The van der Waals surface area contributed by atoms with Gasteiger partial charge in [-0.2, -0.15) is 0 Å². The molecule has 78 valence electrons. The number of ketones is 1. The second kappa shape index (κ2) is 3.73. The van der Waals surface area contributed by atoms with Crippen LogP contribution in [0.2, 0.25) is 0 Å². The number of hydrogen-bond donors (Lipinski definition) is 0. The minimum atomic E-state index is -0.421. The Labute approximate surface area is 87.4 Å². The third-order valence-electron chi connectivity index (χ3n) is 2.45. The Bertz CT molecular complexity index is 414. The summed E-state index contributed by atoms with van der Waals surface area (Å²) < 4.78 is 4.66. The molecule has 0 radical (unpaired) electrons. The van der Waals surface area contributed by atoms with E-state index in [4.69, 9.17) is 0 Å². The van der Waals surface area contributed by atoms with Gasteiger partial charge >= 0.3 is 6.09 Å². The van der Waals surface area contributed by atoms with Crippen LogP contribution in [0.4, 0.5) is 10.5 Å². The summed E-state index contributed by atoms with van der Waals surface area (Å²) in [6.45, 7) is 0.391. The maximum atomic E-state index is 11.6. The van der Waals surface area contributed by atoms with Gasteiger partial charge in [0, 0.05) is 18.5 Å². The van der Waals surface area contributed by atoms with E-state index in [-0.39, 0.29) is 5.78 Å². The molecule has 15 heavy (non-hydrogen) atoms. The van der Waals surface area contributed by atoms with Crippen LogP contribution in [0.25, 0.3) is 0 Å². The quantitative estimate of drug-likeness (QED) is 0.649. The molecule has 1 aliphatic rings. The third-order valence-corrected chi connectivity index (χ3v) is 2.45. The molecule has 0 fully saturated rings. The summed E-state index contributed by atoms with van der Waals surface area (Å²) in [5.74, 6) is 0.0748. The molecule has 0 aromatic heterocycles. The van der Waals surface area contributed by atoms with Gasteiger partial charge in [0.2, 0.25) is 0 Å². The SMILES string of the molecule is COC(=O)N1CCC(=O)c2ccccc21. The van der Waals surface area contributed by atoms with Crippen molar-refractivity contribution >= 4 is 17.6 Å². The number of benzene rings is 1. The van der Waals surface area contributed by atoms with Gasteiger partial charge in [-0.15, -0.1) is 0 Å². The van der Waals surface area contributed by atoms with Gasteiger partial charge in [-0.05, 0) is 12.1 Å². The van der Waals surface area contributed by atoms with E-state index in [1.165, 1.54) is 12.0 Å². The maximum Gasteiger partial charge on any atom is 0.414 e.